The molecule has 0 spiro atoms. The third-order valence-electron chi connectivity index (χ3n) is 3.93. The van der Waals surface area contributed by atoms with Crippen molar-refractivity contribution in [1.82, 2.24) is 9.80 Å². The first kappa shape index (κ1) is 14.5. The van der Waals surface area contributed by atoms with Crippen LogP contribution in [0.2, 0.25) is 0 Å². The molecule has 2 unspecified atom stereocenters. The number of carbonyl (C=O) groups is 1. The van der Waals surface area contributed by atoms with Gasteiger partial charge in [-0.2, -0.15) is 0 Å². The molecule has 0 aromatic rings. The maximum Gasteiger partial charge on any atom is 0.236 e. The summed E-state index contributed by atoms with van der Waals surface area (Å²) >= 11 is 0. The summed E-state index contributed by atoms with van der Waals surface area (Å²) in [6.45, 7) is 10.1. The fourth-order valence-electron chi connectivity index (χ4n) is 2.76. The zero-order chi connectivity index (χ0) is 12.8. The first-order valence-corrected chi connectivity index (χ1v) is 6.85. The van der Waals surface area contributed by atoms with Crippen LogP contribution >= 0.6 is 0 Å². The number of piperidine rings is 1. The van der Waals surface area contributed by atoms with Crippen LogP contribution in [0.25, 0.3) is 0 Å². The Hall–Kier alpha value is -0.610. The van der Waals surface area contributed by atoms with Crippen molar-refractivity contribution in [1.29, 1.82) is 0 Å². The first-order chi connectivity index (χ1) is 8.13. The van der Waals surface area contributed by atoms with E-state index in [0.717, 1.165) is 19.6 Å². The highest BCUT2D eigenvalue weighted by atomic mass is 16.2. The summed E-state index contributed by atoms with van der Waals surface area (Å²) in [5.41, 5.74) is 5.83. The maximum atomic E-state index is 12.1. The van der Waals surface area contributed by atoms with Gasteiger partial charge in [-0.25, -0.2) is 0 Å². The molecule has 17 heavy (non-hydrogen) atoms. The molecule has 1 heterocycles. The molecule has 0 aromatic heterocycles. The summed E-state index contributed by atoms with van der Waals surface area (Å²) in [6, 6.07) is 0.378. The lowest BCUT2D eigenvalue weighted by Crippen LogP contribution is -2.52. The normalized spacial score (nSPS) is 25.9. The monoisotopic (exact) mass is 241 g/mol. The molecule has 100 valence electrons. The van der Waals surface area contributed by atoms with Gasteiger partial charge in [-0.15, -0.1) is 0 Å². The van der Waals surface area contributed by atoms with Crippen LogP contribution in [-0.2, 0) is 4.79 Å². The topological polar surface area (TPSA) is 49.6 Å². The number of nitrogens with two attached hydrogens (primary N) is 1. The van der Waals surface area contributed by atoms with Gasteiger partial charge >= 0.3 is 0 Å². The van der Waals surface area contributed by atoms with Crippen molar-refractivity contribution in [2.24, 2.45) is 11.7 Å². The molecule has 1 aliphatic rings. The van der Waals surface area contributed by atoms with Crippen LogP contribution in [0.4, 0.5) is 0 Å². The third-order valence-corrected chi connectivity index (χ3v) is 3.93. The van der Waals surface area contributed by atoms with E-state index in [0.29, 0.717) is 25.0 Å². The van der Waals surface area contributed by atoms with Crippen molar-refractivity contribution in [3.05, 3.63) is 0 Å². The van der Waals surface area contributed by atoms with E-state index in [-0.39, 0.29) is 5.91 Å². The zero-order valence-electron chi connectivity index (χ0n) is 11.5. The summed E-state index contributed by atoms with van der Waals surface area (Å²) in [5, 5.41) is 0. The van der Waals surface area contributed by atoms with Crippen LogP contribution in [0.1, 0.15) is 33.6 Å². The van der Waals surface area contributed by atoms with Gasteiger partial charge < -0.3 is 10.6 Å². The van der Waals surface area contributed by atoms with Crippen LogP contribution in [-0.4, -0.2) is 54.5 Å². The van der Waals surface area contributed by atoms with Crippen molar-refractivity contribution < 1.29 is 4.79 Å². The van der Waals surface area contributed by atoms with Crippen LogP contribution < -0.4 is 5.73 Å². The highest BCUT2D eigenvalue weighted by Crippen LogP contribution is 2.22. The molecule has 2 atom stereocenters. The summed E-state index contributed by atoms with van der Waals surface area (Å²) in [5.74, 6) is 0.848. The molecule has 4 heteroatoms. The Morgan fingerprint density at radius 3 is 2.59 bits per heavy atom. The molecule has 0 radical (unpaired) electrons. The van der Waals surface area contributed by atoms with Crippen LogP contribution in [0.3, 0.4) is 0 Å². The molecule has 0 saturated carbocycles. The van der Waals surface area contributed by atoms with Crippen molar-refractivity contribution in [2.75, 3.05) is 32.7 Å². The minimum Gasteiger partial charge on any atom is -0.342 e. The molecule has 1 aliphatic heterocycles. The Balaban J connectivity index is 2.56. The number of hydrogen-bond acceptors (Lipinski definition) is 3. The highest BCUT2D eigenvalue weighted by Gasteiger charge is 2.29. The predicted molar refractivity (Wildman–Crippen MR) is 70.7 cm³/mol. The van der Waals surface area contributed by atoms with E-state index in [4.69, 9.17) is 5.73 Å². The Morgan fingerprint density at radius 1 is 1.41 bits per heavy atom. The van der Waals surface area contributed by atoms with Gasteiger partial charge in [0.1, 0.15) is 0 Å². The van der Waals surface area contributed by atoms with Gasteiger partial charge in [-0.1, -0.05) is 6.92 Å². The molecule has 4 nitrogen and oxygen atoms in total. The van der Waals surface area contributed by atoms with Crippen LogP contribution in [0, 0.1) is 5.92 Å². The van der Waals surface area contributed by atoms with Gasteiger partial charge in [0.15, 0.2) is 0 Å². The Kier molecular flexibility index (Phi) is 5.92. The minimum atomic E-state index is 0.238. The standard InChI is InChI=1S/C13H27N3O/c1-4-15(5-2)13(17)10-16-8-6-7-11(3)12(16)9-14/h11-12H,4-10,14H2,1-3H3. The van der Waals surface area contributed by atoms with Crippen molar-refractivity contribution >= 4 is 5.91 Å². The molecular weight excluding hydrogens is 214 g/mol. The van der Waals surface area contributed by atoms with Gasteiger partial charge in [0.2, 0.25) is 5.91 Å². The number of nitrogens with zero attached hydrogens (tertiary/aromatic N) is 2. The molecule has 1 rings (SSSR count). The van der Waals surface area contributed by atoms with E-state index in [1.165, 1.54) is 12.8 Å². The van der Waals surface area contributed by atoms with Gasteiger partial charge in [-0.05, 0) is 39.2 Å². The van der Waals surface area contributed by atoms with E-state index >= 15 is 0 Å². The predicted octanol–water partition coefficient (Wildman–Crippen LogP) is 0.914. The lowest BCUT2D eigenvalue weighted by Gasteiger charge is -2.39. The van der Waals surface area contributed by atoms with Gasteiger partial charge in [0.05, 0.1) is 6.54 Å². The van der Waals surface area contributed by atoms with Gasteiger partial charge in [0, 0.05) is 25.7 Å². The fourth-order valence-corrected chi connectivity index (χ4v) is 2.76. The van der Waals surface area contributed by atoms with Gasteiger partial charge in [0.25, 0.3) is 0 Å². The summed E-state index contributed by atoms with van der Waals surface area (Å²) in [7, 11) is 0. The summed E-state index contributed by atoms with van der Waals surface area (Å²) in [4.78, 5) is 16.3. The van der Waals surface area contributed by atoms with Crippen molar-refractivity contribution in [3.8, 4) is 0 Å². The van der Waals surface area contributed by atoms with E-state index in [2.05, 4.69) is 11.8 Å². The second-order valence-electron chi connectivity index (χ2n) is 4.96. The minimum absolute atomic E-state index is 0.238. The highest BCUT2D eigenvalue weighted by molar-refractivity contribution is 5.78. The smallest absolute Gasteiger partial charge is 0.236 e. The zero-order valence-corrected chi connectivity index (χ0v) is 11.5. The molecule has 1 fully saturated rings. The molecular formula is C13H27N3O. The van der Waals surface area contributed by atoms with Crippen molar-refractivity contribution in [2.45, 2.75) is 39.7 Å². The second-order valence-corrected chi connectivity index (χ2v) is 4.96. The SMILES string of the molecule is CCN(CC)C(=O)CN1CCCC(C)C1CN. The fraction of sp³-hybridized carbons (Fsp3) is 0.923. The Morgan fingerprint density at radius 2 is 2.06 bits per heavy atom. The number of rotatable bonds is 5. The quantitative estimate of drug-likeness (QED) is 0.778. The lowest BCUT2D eigenvalue weighted by molar-refractivity contribution is -0.133. The molecule has 1 amide bonds. The van der Waals surface area contributed by atoms with E-state index in [9.17, 15) is 4.79 Å². The van der Waals surface area contributed by atoms with E-state index < -0.39 is 0 Å². The number of likely N-dealkylation sites (N-methyl/N-ethyl adjacent to an activating group) is 1. The first-order valence-electron chi connectivity index (χ1n) is 6.85. The van der Waals surface area contributed by atoms with E-state index in [1.54, 1.807) is 0 Å². The number of carbonyl (C=O) groups excluding carboxylic acids is 1. The third kappa shape index (κ3) is 3.68. The number of likely N-dealkylation sites (tertiary alicyclic amines) is 1. The molecule has 0 aromatic carbocycles. The van der Waals surface area contributed by atoms with E-state index in [1.807, 2.05) is 18.7 Å². The summed E-state index contributed by atoms with van der Waals surface area (Å²) < 4.78 is 0. The Labute approximate surface area is 105 Å². The molecule has 2 N–H and O–H groups in total. The molecule has 0 bridgehead atoms. The van der Waals surface area contributed by atoms with Crippen LogP contribution in [0.15, 0.2) is 0 Å². The average molecular weight is 241 g/mol. The van der Waals surface area contributed by atoms with Gasteiger partial charge in [-0.3, -0.25) is 9.69 Å². The molecule has 1 saturated heterocycles. The summed E-state index contributed by atoms with van der Waals surface area (Å²) in [6.07, 6.45) is 2.42. The lowest BCUT2D eigenvalue weighted by atomic mass is 9.91. The Bertz CT molecular complexity index is 241. The second kappa shape index (κ2) is 6.97. The molecule has 0 aliphatic carbocycles. The maximum absolute atomic E-state index is 12.1. The average Bonchev–Trinajstić information content (AvgIpc) is 2.31. The van der Waals surface area contributed by atoms with Crippen molar-refractivity contribution in [3.63, 3.8) is 0 Å². The number of hydrogen-bond donors (Lipinski definition) is 1. The number of amides is 1. The largest absolute Gasteiger partial charge is 0.342 e. The van der Waals surface area contributed by atoms with Crippen LogP contribution in [0.5, 0.6) is 0 Å².